The quantitative estimate of drug-likeness (QED) is 0.213. The number of aliphatic hydroxyl groups is 2. The molecule has 1 aromatic carbocycles. The van der Waals surface area contributed by atoms with E-state index < -0.39 is 34.8 Å². The molecule has 0 radical (unpaired) electrons. The molecule has 8 atom stereocenters. The first-order valence-corrected chi connectivity index (χ1v) is 17.8. The Balaban J connectivity index is 1.41. The Bertz CT molecular complexity index is 1990. The number of carbonyl (C=O) groups is 1. The predicted octanol–water partition coefficient (Wildman–Crippen LogP) is 7.94. The van der Waals surface area contributed by atoms with E-state index in [2.05, 4.69) is 71.6 Å². The summed E-state index contributed by atoms with van der Waals surface area (Å²) in [5, 5.41) is 47.2. The fourth-order valence-corrected chi connectivity index (χ4v) is 12.3. The van der Waals surface area contributed by atoms with Gasteiger partial charge in [-0.3, -0.25) is 4.79 Å². The molecule has 0 spiro atoms. The van der Waals surface area contributed by atoms with E-state index in [0.717, 1.165) is 64.2 Å². The van der Waals surface area contributed by atoms with Gasteiger partial charge in [0.15, 0.2) is 0 Å². The number of benzene rings is 1. The van der Waals surface area contributed by atoms with Crippen LogP contribution in [0.3, 0.4) is 0 Å². The third-order valence-corrected chi connectivity index (χ3v) is 14.2. The molecule has 5 aliphatic rings. The molecule has 48 heavy (non-hydrogen) atoms. The number of aromatic nitrogens is 1. The summed E-state index contributed by atoms with van der Waals surface area (Å²) in [7, 11) is 0. The zero-order valence-corrected chi connectivity index (χ0v) is 29.7. The SMILES string of the molecule is C=C(C)c1c(O)c2c3c(cc4c5c(n1c42)[C@@]1(C)C(CC[C@H]2[C@](C)(C=CCC(=O)O)[C@@H](O)CC[C@@]21C)C5)C1=CC(C)(C)OC(C)(C)C1[C@@H]3O. The Morgan fingerprint density at radius 2 is 1.81 bits per heavy atom. The lowest BCUT2D eigenvalue weighted by Gasteiger charge is -2.64. The van der Waals surface area contributed by atoms with Gasteiger partial charge in [0.1, 0.15) is 5.75 Å². The lowest BCUT2D eigenvalue weighted by atomic mass is 9.40. The number of hydrogen-bond acceptors (Lipinski definition) is 5. The van der Waals surface area contributed by atoms with Crippen molar-refractivity contribution in [2.45, 2.75) is 123 Å². The predicted molar refractivity (Wildman–Crippen MR) is 188 cm³/mol. The molecular formula is C41H51NO6. The minimum Gasteiger partial charge on any atom is -0.505 e. The van der Waals surface area contributed by atoms with E-state index >= 15 is 0 Å². The second kappa shape index (κ2) is 9.55. The largest absolute Gasteiger partial charge is 0.505 e. The average molecular weight is 654 g/mol. The maximum absolute atomic E-state index is 12.2. The average Bonchev–Trinajstić information content (AvgIpc) is 3.63. The number of rotatable bonds is 4. The van der Waals surface area contributed by atoms with Crippen molar-refractivity contribution in [2.75, 3.05) is 0 Å². The van der Waals surface area contributed by atoms with Gasteiger partial charge >= 0.3 is 5.97 Å². The molecule has 0 bridgehead atoms. The van der Waals surface area contributed by atoms with Crippen molar-refractivity contribution in [2.24, 2.45) is 28.6 Å². The number of aromatic hydroxyl groups is 1. The standard InChI is InChI=1S/C41H51NO6/c1-20(2)32-35(47)30-29-22(25-19-37(3,4)48-38(5,6)31(25)34(29)46)18-23-24-17-21-12-13-26-39(7,15-10-11-28(44)45)27(43)14-16-40(26,8)41(21,9)36(24)42(32)33(23)30/h10,15,18-19,21,26-27,31,34,43,46-47H,1,11-14,16-17H2,2-9H3,(H,44,45)/t21?,26-,27-,31?,34+,39-,40-,41+/m0/s1. The maximum Gasteiger partial charge on any atom is 0.307 e. The van der Waals surface area contributed by atoms with Crippen molar-refractivity contribution in [1.29, 1.82) is 0 Å². The Morgan fingerprint density at radius 3 is 2.48 bits per heavy atom. The van der Waals surface area contributed by atoms with Crippen LogP contribution in [-0.2, 0) is 21.4 Å². The van der Waals surface area contributed by atoms with Crippen LogP contribution in [0.4, 0.5) is 0 Å². The minimum absolute atomic E-state index is 0.0624. The van der Waals surface area contributed by atoms with Crippen LogP contribution in [0, 0.1) is 28.6 Å². The number of carboxylic acids is 1. The first-order valence-electron chi connectivity index (χ1n) is 17.8. The van der Waals surface area contributed by atoms with Gasteiger partial charge in [-0.05, 0) is 118 Å². The Morgan fingerprint density at radius 1 is 1.10 bits per heavy atom. The molecule has 4 N–H and O–H groups in total. The third kappa shape index (κ3) is 3.68. The Kier molecular flexibility index (Phi) is 6.39. The van der Waals surface area contributed by atoms with Gasteiger partial charge in [0.05, 0.1) is 41.0 Å². The van der Waals surface area contributed by atoms with E-state index in [4.69, 9.17) is 4.74 Å². The second-order valence-electron chi connectivity index (χ2n) is 17.7. The summed E-state index contributed by atoms with van der Waals surface area (Å²) in [6.07, 6.45) is 8.84. The molecule has 7 nitrogen and oxygen atoms in total. The highest BCUT2D eigenvalue weighted by atomic mass is 16.5. The van der Waals surface area contributed by atoms with Crippen LogP contribution in [0.5, 0.6) is 5.75 Å². The molecule has 2 fully saturated rings. The summed E-state index contributed by atoms with van der Waals surface area (Å²) < 4.78 is 8.83. The zero-order chi connectivity index (χ0) is 34.7. The van der Waals surface area contributed by atoms with Crippen molar-refractivity contribution in [1.82, 2.24) is 4.40 Å². The van der Waals surface area contributed by atoms with Crippen molar-refractivity contribution in [3.63, 3.8) is 0 Å². The molecule has 3 aromatic rings. The molecular weight excluding hydrogens is 602 g/mol. The highest BCUT2D eigenvalue weighted by Crippen LogP contribution is 2.71. The molecule has 4 aliphatic carbocycles. The molecule has 2 aromatic heterocycles. The van der Waals surface area contributed by atoms with Gasteiger partial charge < -0.3 is 29.6 Å². The molecule has 256 valence electrons. The fourth-order valence-electron chi connectivity index (χ4n) is 12.3. The zero-order valence-electron chi connectivity index (χ0n) is 29.7. The van der Waals surface area contributed by atoms with Gasteiger partial charge in [-0.25, -0.2) is 0 Å². The summed E-state index contributed by atoms with van der Waals surface area (Å²) in [5.74, 6) is -0.435. The highest BCUT2D eigenvalue weighted by molar-refractivity contribution is 6.11. The van der Waals surface area contributed by atoms with Crippen molar-refractivity contribution >= 4 is 33.4 Å². The number of aliphatic carboxylic acids is 1. The van der Waals surface area contributed by atoms with E-state index in [0.29, 0.717) is 18.0 Å². The van der Waals surface area contributed by atoms with Crippen LogP contribution in [-0.4, -0.2) is 48.1 Å². The number of nitrogens with zero attached hydrogens (tertiary/aromatic N) is 1. The van der Waals surface area contributed by atoms with E-state index in [1.165, 1.54) is 11.3 Å². The molecule has 2 unspecified atom stereocenters. The van der Waals surface area contributed by atoms with Crippen molar-refractivity contribution in [3.8, 4) is 5.75 Å². The topological polar surface area (TPSA) is 112 Å². The normalized spacial score (nSPS) is 37.7. The molecule has 3 heterocycles. The smallest absolute Gasteiger partial charge is 0.307 e. The molecule has 0 saturated heterocycles. The summed E-state index contributed by atoms with van der Waals surface area (Å²) in [4.78, 5) is 11.4. The van der Waals surface area contributed by atoms with Crippen LogP contribution in [0.25, 0.3) is 27.4 Å². The van der Waals surface area contributed by atoms with Crippen LogP contribution in [0.15, 0.2) is 30.9 Å². The maximum atomic E-state index is 12.2. The van der Waals surface area contributed by atoms with Crippen LogP contribution >= 0.6 is 0 Å². The summed E-state index contributed by atoms with van der Waals surface area (Å²) >= 11 is 0. The van der Waals surface area contributed by atoms with E-state index in [9.17, 15) is 25.2 Å². The molecule has 1 aliphatic heterocycles. The van der Waals surface area contributed by atoms with E-state index in [1.54, 1.807) is 6.08 Å². The third-order valence-electron chi connectivity index (χ3n) is 14.2. The second-order valence-corrected chi connectivity index (χ2v) is 17.7. The van der Waals surface area contributed by atoms with E-state index in [-0.39, 0.29) is 34.8 Å². The summed E-state index contributed by atoms with van der Waals surface area (Å²) in [6.45, 7) is 21.5. The van der Waals surface area contributed by atoms with E-state index in [1.807, 2.05) is 13.0 Å². The number of allylic oxidation sites excluding steroid dienone is 1. The molecule has 0 amide bonds. The van der Waals surface area contributed by atoms with Crippen LogP contribution in [0.1, 0.15) is 122 Å². The number of fused-ring (bicyclic) bond motifs is 11. The molecule has 7 heteroatoms. The number of hydrogen-bond donors (Lipinski definition) is 4. The van der Waals surface area contributed by atoms with Crippen LogP contribution in [0.2, 0.25) is 0 Å². The number of aliphatic hydroxyl groups excluding tert-OH is 2. The van der Waals surface area contributed by atoms with Gasteiger partial charge in [-0.15, -0.1) is 0 Å². The van der Waals surface area contributed by atoms with Gasteiger partial charge in [-0.1, -0.05) is 39.5 Å². The number of carboxylic acid groups (broad SMARTS) is 1. The van der Waals surface area contributed by atoms with Crippen molar-refractivity contribution in [3.05, 3.63) is 59.0 Å². The van der Waals surface area contributed by atoms with Gasteiger partial charge in [0.2, 0.25) is 0 Å². The first-order chi connectivity index (χ1) is 22.3. The molecule has 2 saturated carbocycles. The first kappa shape index (κ1) is 32.1. The summed E-state index contributed by atoms with van der Waals surface area (Å²) in [6, 6.07) is 2.30. The summed E-state index contributed by atoms with van der Waals surface area (Å²) in [5.41, 5.74) is 5.72. The van der Waals surface area contributed by atoms with Gasteiger partial charge in [0, 0.05) is 38.8 Å². The lowest BCUT2D eigenvalue weighted by molar-refractivity contribution is -0.144. The van der Waals surface area contributed by atoms with Crippen molar-refractivity contribution < 1.29 is 30.0 Å². The Hall–Kier alpha value is -3.13. The number of ether oxygens (including phenoxy) is 1. The Labute approximate surface area is 283 Å². The van der Waals surface area contributed by atoms with Gasteiger partial charge in [0.25, 0.3) is 0 Å². The van der Waals surface area contributed by atoms with Crippen LogP contribution < -0.4 is 0 Å². The van der Waals surface area contributed by atoms with Gasteiger partial charge in [-0.2, -0.15) is 0 Å². The fraction of sp³-hybridized carbons (Fsp3) is 0.585. The highest BCUT2D eigenvalue weighted by Gasteiger charge is 2.67. The monoisotopic (exact) mass is 653 g/mol. The minimum atomic E-state index is -0.872. The lowest BCUT2D eigenvalue weighted by Crippen LogP contribution is -2.62. The molecule has 8 rings (SSSR count).